The summed E-state index contributed by atoms with van der Waals surface area (Å²) >= 11 is 7.80. The van der Waals surface area contributed by atoms with Gasteiger partial charge in [0.2, 0.25) is 5.91 Å². The zero-order valence-electron chi connectivity index (χ0n) is 14.0. The molecule has 0 unspecified atom stereocenters. The molecule has 3 aromatic rings. The van der Waals surface area contributed by atoms with Crippen LogP contribution in [-0.4, -0.2) is 15.9 Å². The molecule has 3 rings (SSSR count). The van der Waals surface area contributed by atoms with Gasteiger partial charge in [0.15, 0.2) is 0 Å². The van der Waals surface area contributed by atoms with E-state index in [0.29, 0.717) is 23.6 Å². The largest absolute Gasteiger partial charge is 0.325 e. The quantitative estimate of drug-likeness (QED) is 0.683. The average Bonchev–Trinajstić information content (AvgIpc) is 3.06. The molecule has 0 spiro atoms. The monoisotopic (exact) mass is 371 g/mol. The Morgan fingerprint density at radius 2 is 2.00 bits per heavy atom. The molecule has 6 heteroatoms. The molecule has 128 valence electrons. The number of carbonyl (C=O) groups is 1. The van der Waals surface area contributed by atoms with Crippen molar-refractivity contribution in [2.75, 3.05) is 5.32 Å². The predicted octanol–water partition coefficient (Wildman–Crippen LogP) is 5.05. The van der Waals surface area contributed by atoms with Gasteiger partial charge in [-0.2, -0.15) is 0 Å². The van der Waals surface area contributed by atoms with Gasteiger partial charge >= 0.3 is 0 Å². The van der Waals surface area contributed by atoms with Crippen molar-refractivity contribution in [1.82, 2.24) is 9.97 Å². The topological polar surface area (TPSA) is 54.9 Å². The van der Waals surface area contributed by atoms with E-state index >= 15 is 0 Å². The molecule has 0 fully saturated rings. The summed E-state index contributed by atoms with van der Waals surface area (Å²) in [6.45, 7) is 3.92. The highest BCUT2D eigenvalue weighted by atomic mass is 35.5. The summed E-state index contributed by atoms with van der Waals surface area (Å²) in [6.07, 6.45) is 4.46. The number of aromatic nitrogens is 2. The molecule has 0 atom stereocenters. The molecule has 1 amide bonds. The van der Waals surface area contributed by atoms with Gasteiger partial charge < -0.3 is 5.32 Å². The maximum absolute atomic E-state index is 12.3. The lowest BCUT2D eigenvalue weighted by atomic mass is 10.1. The van der Waals surface area contributed by atoms with Gasteiger partial charge in [-0.05, 0) is 43.2 Å². The number of nitrogens with one attached hydrogen (secondary N) is 1. The minimum absolute atomic E-state index is 0.0606. The summed E-state index contributed by atoms with van der Waals surface area (Å²) in [5.74, 6) is -0.0606. The molecule has 4 nitrogen and oxygen atoms in total. The van der Waals surface area contributed by atoms with Crippen LogP contribution in [0.3, 0.4) is 0 Å². The van der Waals surface area contributed by atoms with Gasteiger partial charge in [0.05, 0.1) is 21.4 Å². The molecule has 1 aromatic carbocycles. The van der Waals surface area contributed by atoms with E-state index in [1.54, 1.807) is 23.7 Å². The normalized spacial score (nSPS) is 10.7. The van der Waals surface area contributed by atoms with Crippen molar-refractivity contribution < 1.29 is 4.79 Å². The molecule has 1 N–H and O–H groups in total. The van der Waals surface area contributed by atoms with E-state index in [4.69, 9.17) is 11.6 Å². The van der Waals surface area contributed by atoms with Gasteiger partial charge in [-0.25, -0.2) is 4.98 Å². The SMILES string of the molecule is Cc1cc(C)c(NC(=O)CCc2nc(-c3ccncc3)cs2)c(Cl)c1. The van der Waals surface area contributed by atoms with Crippen LogP contribution in [0, 0.1) is 13.8 Å². The number of halogens is 1. The van der Waals surface area contributed by atoms with Crippen LogP contribution >= 0.6 is 22.9 Å². The van der Waals surface area contributed by atoms with Crippen molar-refractivity contribution in [1.29, 1.82) is 0 Å². The fraction of sp³-hybridized carbons (Fsp3) is 0.211. The van der Waals surface area contributed by atoms with Crippen molar-refractivity contribution in [3.63, 3.8) is 0 Å². The molecule has 0 radical (unpaired) electrons. The zero-order chi connectivity index (χ0) is 17.8. The minimum Gasteiger partial charge on any atom is -0.325 e. The molecule has 0 aliphatic heterocycles. The van der Waals surface area contributed by atoms with Crippen molar-refractivity contribution in [2.24, 2.45) is 0 Å². The molecule has 0 bridgehead atoms. The first-order valence-corrected chi connectivity index (χ1v) is 9.20. The Kier molecular flexibility index (Phi) is 5.46. The number of nitrogens with zero attached hydrogens (tertiary/aromatic N) is 2. The van der Waals surface area contributed by atoms with Gasteiger partial charge in [-0.15, -0.1) is 11.3 Å². The third-order valence-corrected chi connectivity index (χ3v) is 5.00. The Morgan fingerprint density at radius 1 is 1.24 bits per heavy atom. The van der Waals surface area contributed by atoms with E-state index in [0.717, 1.165) is 27.4 Å². The molecule has 2 aromatic heterocycles. The van der Waals surface area contributed by atoms with Crippen molar-refractivity contribution >= 4 is 34.5 Å². The van der Waals surface area contributed by atoms with Crippen LogP contribution in [0.15, 0.2) is 42.0 Å². The lowest BCUT2D eigenvalue weighted by Crippen LogP contribution is -2.13. The standard InChI is InChI=1S/C19H18ClN3OS/c1-12-9-13(2)19(15(20)10-12)23-17(24)3-4-18-22-16(11-25-18)14-5-7-21-8-6-14/h5-11H,3-4H2,1-2H3,(H,23,24). The lowest BCUT2D eigenvalue weighted by Gasteiger charge is -2.11. The Bertz CT molecular complexity index is 870. The number of rotatable bonds is 5. The molecule has 0 aliphatic carbocycles. The Morgan fingerprint density at radius 3 is 2.72 bits per heavy atom. The fourth-order valence-electron chi connectivity index (χ4n) is 2.58. The van der Waals surface area contributed by atoms with Crippen molar-refractivity contribution in [2.45, 2.75) is 26.7 Å². The van der Waals surface area contributed by atoms with E-state index in [-0.39, 0.29) is 5.91 Å². The van der Waals surface area contributed by atoms with Crippen LogP contribution in [0.4, 0.5) is 5.69 Å². The summed E-state index contributed by atoms with van der Waals surface area (Å²) in [4.78, 5) is 20.9. The molecule has 25 heavy (non-hydrogen) atoms. The second-order valence-corrected chi connectivity index (χ2v) is 7.20. The Labute approximate surface area is 155 Å². The predicted molar refractivity (Wildman–Crippen MR) is 103 cm³/mol. The second-order valence-electron chi connectivity index (χ2n) is 5.85. The third kappa shape index (κ3) is 4.44. The van der Waals surface area contributed by atoms with Crippen LogP contribution < -0.4 is 5.32 Å². The number of anilines is 1. The second kappa shape index (κ2) is 7.76. The van der Waals surface area contributed by atoms with Crippen molar-refractivity contribution in [3.8, 4) is 11.3 Å². The molecule has 2 heterocycles. The summed E-state index contributed by atoms with van der Waals surface area (Å²) in [7, 11) is 0. The third-order valence-electron chi connectivity index (χ3n) is 3.79. The highest BCUT2D eigenvalue weighted by Crippen LogP contribution is 2.28. The highest BCUT2D eigenvalue weighted by Gasteiger charge is 2.11. The first kappa shape index (κ1) is 17.6. The number of pyridine rings is 1. The van der Waals surface area contributed by atoms with Gasteiger partial charge in [0, 0.05) is 36.2 Å². The number of hydrogen-bond acceptors (Lipinski definition) is 4. The molecular formula is C19H18ClN3OS. The van der Waals surface area contributed by atoms with Gasteiger partial charge in [-0.3, -0.25) is 9.78 Å². The number of hydrogen-bond donors (Lipinski definition) is 1. The van der Waals surface area contributed by atoms with Gasteiger partial charge in [0.25, 0.3) is 0 Å². The average molecular weight is 372 g/mol. The highest BCUT2D eigenvalue weighted by molar-refractivity contribution is 7.09. The fourth-order valence-corrected chi connectivity index (χ4v) is 3.75. The van der Waals surface area contributed by atoms with Crippen LogP contribution in [0.1, 0.15) is 22.6 Å². The smallest absolute Gasteiger partial charge is 0.224 e. The van der Waals surface area contributed by atoms with Crippen LogP contribution in [0.5, 0.6) is 0 Å². The number of amides is 1. The Balaban J connectivity index is 1.61. The first-order chi connectivity index (χ1) is 12.0. The summed E-state index contributed by atoms with van der Waals surface area (Å²) in [6, 6.07) is 7.71. The first-order valence-electron chi connectivity index (χ1n) is 7.94. The Hall–Kier alpha value is -2.24. The summed E-state index contributed by atoms with van der Waals surface area (Å²) in [5.41, 5.74) is 4.68. The molecule has 0 saturated carbocycles. The lowest BCUT2D eigenvalue weighted by molar-refractivity contribution is -0.116. The molecular weight excluding hydrogens is 354 g/mol. The molecule has 0 aliphatic rings. The summed E-state index contributed by atoms with van der Waals surface area (Å²) in [5, 5.41) is 6.42. The van der Waals surface area contributed by atoms with Crippen LogP contribution in [0.25, 0.3) is 11.3 Å². The van der Waals surface area contributed by atoms with E-state index in [9.17, 15) is 4.79 Å². The summed E-state index contributed by atoms with van der Waals surface area (Å²) < 4.78 is 0. The van der Waals surface area contributed by atoms with E-state index in [1.807, 2.05) is 43.5 Å². The number of thiazole rings is 1. The molecule has 0 saturated heterocycles. The number of benzene rings is 1. The van der Waals surface area contributed by atoms with Crippen LogP contribution in [-0.2, 0) is 11.2 Å². The van der Waals surface area contributed by atoms with E-state index < -0.39 is 0 Å². The van der Waals surface area contributed by atoms with Gasteiger partial charge in [-0.1, -0.05) is 17.7 Å². The van der Waals surface area contributed by atoms with E-state index in [2.05, 4.69) is 15.3 Å². The number of carbonyl (C=O) groups excluding carboxylic acids is 1. The maximum atomic E-state index is 12.3. The number of aryl methyl sites for hydroxylation is 3. The van der Waals surface area contributed by atoms with Crippen LogP contribution in [0.2, 0.25) is 5.02 Å². The van der Waals surface area contributed by atoms with Crippen molar-refractivity contribution in [3.05, 3.63) is 63.2 Å². The zero-order valence-corrected chi connectivity index (χ0v) is 15.6. The van der Waals surface area contributed by atoms with E-state index in [1.165, 1.54) is 0 Å². The maximum Gasteiger partial charge on any atom is 0.224 e. The van der Waals surface area contributed by atoms with Gasteiger partial charge in [0.1, 0.15) is 0 Å². The minimum atomic E-state index is -0.0606.